The Hall–Kier alpha value is -1.00. The minimum absolute atomic E-state index is 0.303. The molecule has 0 saturated carbocycles. The quantitative estimate of drug-likeness (QED) is 0.866. The number of hydrogen-bond donors (Lipinski definition) is 1. The van der Waals surface area contributed by atoms with Crippen LogP contribution in [0.2, 0.25) is 0 Å². The van der Waals surface area contributed by atoms with Crippen LogP contribution < -0.4 is 5.32 Å². The maximum atomic E-state index is 13.4. The smallest absolute Gasteiger partial charge is 0.160 e. The summed E-state index contributed by atoms with van der Waals surface area (Å²) in [5.41, 5.74) is 1.13. The van der Waals surface area contributed by atoms with Gasteiger partial charge < -0.3 is 5.32 Å². The standard InChI is InChI=1S/C14H17F2NS/c1-4-17-7-13-14(8(2)3)9-5-10(15)11(16)6-12(9)18-13/h5-6,8,17H,4,7H2,1-3H3. The zero-order valence-electron chi connectivity index (χ0n) is 10.8. The minimum atomic E-state index is -0.769. The van der Waals surface area contributed by atoms with Gasteiger partial charge in [0.25, 0.3) is 0 Å². The molecule has 0 fully saturated rings. The molecule has 18 heavy (non-hydrogen) atoms. The first-order chi connectivity index (χ1) is 8.54. The van der Waals surface area contributed by atoms with E-state index in [1.165, 1.54) is 17.0 Å². The molecule has 0 amide bonds. The highest BCUT2D eigenvalue weighted by atomic mass is 32.1. The Morgan fingerprint density at radius 1 is 1.22 bits per heavy atom. The van der Waals surface area contributed by atoms with E-state index < -0.39 is 11.6 Å². The van der Waals surface area contributed by atoms with Gasteiger partial charge >= 0.3 is 0 Å². The largest absolute Gasteiger partial charge is 0.312 e. The fraction of sp³-hybridized carbons (Fsp3) is 0.429. The van der Waals surface area contributed by atoms with E-state index in [-0.39, 0.29) is 0 Å². The van der Waals surface area contributed by atoms with Crippen LogP contribution in [0.25, 0.3) is 10.1 Å². The number of fused-ring (bicyclic) bond motifs is 1. The molecular formula is C14H17F2NS. The van der Waals surface area contributed by atoms with Crippen molar-refractivity contribution in [2.24, 2.45) is 0 Å². The molecule has 0 spiro atoms. The van der Waals surface area contributed by atoms with Crippen LogP contribution in [0.1, 0.15) is 37.1 Å². The van der Waals surface area contributed by atoms with Gasteiger partial charge in [-0.05, 0) is 35.5 Å². The third kappa shape index (κ3) is 2.40. The lowest BCUT2D eigenvalue weighted by Crippen LogP contribution is -2.12. The molecular weight excluding hydrogens is 252 g/mol. The molecule has 0 aliphatic rings. The van der Waals surface area contributed by atoms with Crippen LogP contribution in [-0.4, -0.2) is 6.54 Å². The maximum absolute atomic E-state index is 13.4. The molecule has 1 aromatic carbocycles. The Morgan fingerprint density at radius 2 is 1.89 bits per heavy atom. The Labute approximate surface area is 110 Å². The number of benzene rings is 1. The zero-order chi connectivity index (χ0) is 13.3. The normalized spacial score (nSPS) is 11.7. The highest BCUT2D eigenvalue weighted by Crippen LogP contribution is 2.37. The molecule has 0 aliphatic heterocycles. The zero-order valence-corrected chi connectivity index (χ0v) is 11.6. The van der Waals surface area contributed by atoms with Crippen molar-refractivity contribution < 1.29 is 8.78 Å². The second kappa shape index (κ2) is 5.33. The second-order valence-electron chi connectivity index (χ2n) is 4.64. The van der Waals surface area contributed by atoms with E-state index in [1.807, 2.05) is 6.92 Å². The van der Waals surface area contributed by atoms with Gasteiger partial charge in [0.1, 0.15) is 0 Å². The van der Waals surface area contributed by atoms with Crippen molar-refractivity contribution in [2.45, 2.75) is 33.2 Å². The van der Waals surface area contributed by atoms with E-state index in [2.05, 4.69) is 19.2 Å². The Balaban J connectivity index is 2.60. The first-order valence-electron chi connectivity index (χ1n) is 6.15. The van der Waals surface area contributed by atoms with E-state index in [1.54, 1.807) is 11.3 Å². The average molecular weight is 269 g/mol. The molecule has 0 unspecified atom stereocenters. The first-order valence-corrected chi connectivity index (χ1v) is 6.97. The maximum Gasteiger partial charge on any atom is 0.160 e. The van der Waals surface area contributed by atoms with Gasteiger partial charge in [0.2, 0.25) is 0 Å². The molecule has 0 bridgehead atoms. The molecule has 98 valence electrons. The van der Waals surface area contributed by atoms with Crippen molar-refractivity contribution >= 4 is 21.4 Å². The number of thiophene rings is 1. The molecule has 0 atom stereocenters. The summed E-state index contributed by atoms with van der Waals surface area (Å²) in [5.74, 6) is -1.23. The molecule has 2 aromatic rings. The lowest BCUT2D eigenvalue weighted by Gasteiger charge is -2.08. The van der Waals surface area contributed by atoms with E-state index in [0.717, 1.165) is 28.7 Å². The first kappa shape index (κ1) is 13.4. The number of hydrogen-bond acceptors (Lipinski definition) is 2. The SMILES string of the molecule is CCNCc1sc2cc(F)c(F)cc2c1C(C)C. The van der Waals surface area contributed by atoms with Crippen LogP contribution in [0, 0.1) is 11.6 Å². The summed E-state index contributed by atoms with van der Waals surface area (Å²) < 4.78 is 27.5. The summed E-state index contributed by atoms with van der Waals surface area (Å²) in [6, 6.07) is 2.63. The van der Waals surface area contributed by atoms with Crippen molar-refractivity contribution in [1.29, 1.82) is 0 Å². The fourth-order valence-electron chi connectivity index (χ4n) is 2.16. The van der Waals surface area contributed by atoms with Gasteiger partial charge in [0.15, 0.2) is 11.6 Å². The Bertz CT molecular complexity index is 560. The van der Waals surface area contributed by atoms with Crippen LogP contribution in [0.3, 0.4) is 0 Å². The molecule has 2 rings (SSSR count). The molecule has 1 heterocycles. The lowest BCUT2D eigenvalue weighted by molar-refractivity contribution is 0.511. The van der Waals surface area contributed by atoms with Crippen LogP contribution in [0.15, 0.2) is 12.1 Å². The van der Waals surface area contributed by atoms with Crippen LogP contribution in [-0.2, 0) is 6.54 Å². The van der Waals surface area contributed by atoms with E-state index in [9.17, 15) is 8.78 Å². The van der Waals surface area contributed by atoms with Crippen molar-refractivity contribution in [3.63, 3.8) is 0 Å². The van der Waals surface area contributed by atoms with Crippen molar-refractivity contribution in [2.75, 3.05) is 6.54 Å². The highest BCUT2D eigenvalue weighted by molar-refractivity contribution is 7.19. The molecule has 1 N–H and O–H groups in total. The van der Waals surface area contributed by atoms with Gasteiger partial charge in [-0.3, -0.25) is 0 Å². The topological polar surface area (TPSA) is 12.0 Å². The lowest BCUT2D eigenvalue weighted by atomic mass is 9.99. The third-order valence-electron chi connectivity index (χ3n) is 2.96. The predicted octanol–water partition coefficient (Wildman–Crippen LogP) is 4.41. The predicted molar refractivity (Wildman–Crippen MR) is 73.2 cm³/mol. The average Bonchev–Trinajstić information content (AvgIpc) is 2.64. The molecule has 0 saturated heterocycles. The van der Waals surface area contributed by atoms with Crippen LogP contribution in [0.5, 0.6) is 0 Å². The van der Waals surface area contributed by atoms with Crippen LogP contribution >= 0.6 is 11.3 Å². The number of nitrogens with one attached hydrogen (secondary N) is 1. The van der Waals surface area contributed by atoms with Gasteiger partial charge in [-0.2, -0.15) is 0 Å². The van der Waals surface area contributed by atoms with Crippen molar-refractivity contribution in [1.82, 2.24) is 5.32 Å². The van der Waals surface area contributed by atoms with Gasteiger partial charge in [-0.1, -0.05) is 20.8 Å². The Kier molecular flexibility index (Phi) is 3.97. The number of halogens is 2. The molecule has 1 nitrogen and oxygen atoms in total. The third-order valence-corrected chi connectivity index (χ3v) is 4.13. The van der Waals surface area contributed by atoms with Gasteiger partial charge in [-0.15, -0.1) is 11.3 Å². The summed E-state index contributed by atoms with van der Waals surface area (Å²) >= 11 is 1.55. The summed E-state index contributed by atoms with van der Waals surface area (Å²) in [6.45, 7) is 7.85. The summed E-state index contributed by atoms with van der Waals surface area (Å²) in [6.07, 6.45) is 0. The number of rotatable bonds is 4. The van der Waals surface area contributed by atoms with E-state index in [4.69, 9.17) is 0 Å². The monoisotopic (exact) mass is 269 g/mol. The van der Waals surface area contributed by atoms with E-state index >= 15 is 0 Å². The fourth-order valence-corrected chi connectivity index (χ4v) is 3.50. The van der Waals surface area contributed by atoms with Crippen molar-refractivity contribution in [3.8, 4) is 0 Å². The Morgan fingerprint density at radius 3 is 2.50 bits per heavy atom. The molecule has 4 heteroatoms. The summed E-state index contributed by atoms with van der Waals surface area (Å²) in [5, 5.41) is 4.12. The molecule has 1 aromatic heterocycles. The minimum Gasteiger partial charge on any atom is -0.312 e. The summed E-state index contributed by atoms with van der Waals surface area (Å²) in [4.78, 5) is 1.17. The van der Waals surface area contributed by atoms with Gasteiger partial charge in [0.05, 0.1) is 0 Å². The van der Waals surface area contributed by atoms with E-state index in [0.29, 0.717) is 5.92 Å². The van der Waals surface area contributed by atoms with Crippen LogP contribution in [0.4, 0.5) is 8.78 Å². The molecule has 0 aliphatic carbocycles. The van der Waals surface area contributed by atoms with Crippen molar-refractivity contribution in [3.05, 3.63) is 34.2 Å². The molecule has 0 radical (unpaired) electrons. The second-order valence-corrected chi connectivity index (χ2v) is 5.77. The van der Waals surface area contributed by atoms with Gasteiger partial charge in [0, 0.05) is 16.1 Å². The summed E-state index contributed by atoms with van der Waals surface area (Å²) in [7, 11) is 0. The highest BCUT2D eigenvalue weighted by Gasteiger charge is 2.17. The van der Waals surface area contributed by atoms with Gasteiger partial charge in [-0.25, -0.2) is 8.78 Å².